The molecule has 2 aliphatic rings. The quantitative estimate of drug-likeness (QED) is 0.541. The van der Waals surface area contributed by atoms with E-state index in [9.17, 15) is 4.79 Å². The van der Waals surface area contributed by atoms with Gasteiger partial charge >= 0.3 is 0 Å². The van der Waals surface area contributed by atoms with E-state index in [2.05, 4.69) is 53.6 Å². The van der Waals surface area contributed by atoms with Crippen molar-refractivity contribution >= 4 is 39.8 Å². The lowest BCUT2D eigenvalue weighted by molar-refractivity contribution is -0.114. The summed E-state index contributed by atoms with van der Waals surface area (Å²) in [7, 11) is 0. The van der Waals surface area contributed by atoms with Gasteiger partial charge in [-0.2, -0.15) is 15.1 Å². The van der Waals surface area contributed by atoms with E-state index in [4.69, 9.17) is 5.41 Å². The van der Waals surface area contributed by atoms with Crippen molar-refractivity contribution in [1.29, 1.82) is 5.41 Å². The van der Waals surface area contributed by atoms with E-state index in [1.165, 1.54) is 27.9 Å². The molecule has 0 bridgehead atoms. The maximum atomic E-state index is 12.9. The number of hydrogen-bond acceptors (Lipinski definition) is 4. The zero-order valence-corrected chi connectivity index (χ0v) is 19.7. The number of nitrogens with zero attached hydrogens (tertiary/aromatic N) is 4. The Bertz CT molecular complexity index is 1410. The summed E-state index contributed by atoms with van der Waals surface area (Å²) in [5.74, 6) is -0.375. The number of nitrogens with one attached hydrogen (secondary N) is 1. The van der Waals surface area contributed by atoms with E-state index >= 15 is 0 Å². The summed E-state index contributed by atoms with van der Waals surface area (Å²) >= 11 is 1.31. The predicted octanol–water partition coefficient (Wildman–Crippen LogP) is 5.38. The van der Waals surface area contributed by atoms with Gasteiger partial charge in [-0.15, -0.1) is 0 Å². The highest BCUT2D eigenvalue weighted by atomic mass is 32.2. The number of aliphatic imine (C=N–C) groups is 1. The van der Waals surface area contributed by atoms with Crippen molar-refractivity contribution < 1.29 is 4.79 Å². The van der Waals surface area contributed by atoms with Crippen molar-refractivity contribution in [3.63, 3.8) is 0 Å². The second-order valence-corrected chi connectivity index (χ2v) is 9.20. The van der Waals surface area contributed by atoms with Crippen LogP contribution in [0.2, 0.25) is 0 Å². The summed E-state index contributed by atoms with van der Waals surface area (Å²) in [6.45, 7) is 8.25. The fourth-order valence-electron chi connectivity index (χ4n) is 4.11. The zero-order chi connectivity index (χ0) is 23.3. The molecule has 0 spiro atoms. The van der Waals surface area contributed by atoms with Crippen LogP contribution in [0.15, 0.2) is 70.3 Å². The Balaban J connectivity index is 1.54. The molecule has 33 heavy (non-hydrogen) atoms. The molecule has 3 heterocycles. The van der Waals surface area contributed by atoms with Gasteiger partial charge in [-0.3, -0.25) is 10.2 Å². The maximum Gasteiger partial charge on any atom is 0.283 e. The molecule has 0 fully saturated rings. The van der Waals surface area contributed by atoms with E-state index in [1.54, 1.807) is 6.08 Å². The fraction of sp³-hybridized carbons (Fsp3) is 0.154. The molecule has 0 atom stereocenters. The minimum absolute atomic E-state index is 0.0416. The molecule has 1 N–H and O–H groups in total. The molecular weight excluding hydrogens is 430 g/mol. The van der Waals surface area contributed by atoms with Gasteiger partial charge in [0.2, 0.25) is 5.17 Å². The van der Waals surface area contributed by atoms with Gasteiger partial charge in [0.1, 0.15) is 5.04 Å². The lowest BCUT2D eigenvalue weighted by Crippen LogP contribution is -2.35. The summed E-state index contributed by atoms with van der Waals surface area (Å²) in [6.07, 6.45) is 1.76. The first-order valence-corrected chi connectivity index (χ1v) is 11.5. The van der Waals surface area contributed by atoms with Gasteiger partial charge in [0, 0.05) is 22.6 Å². The second-order valence-electron chi connectivity index (χ2n) is 8.24. The van der Waals surface area contributed by atoms with Crippen molar-refractivity contribution in [2.75, 3.05) is 0 Å². The monoisotopic (exact) mass is 453 g/mol. The minimum atomic E-state index is -0.417. The molecule has 1 aromatic heterocycles. The minimum Gasteiger partial charge on any atom is -0.318 e. The summed E-state index contributed by atoms with van der Waals surface area (Å²) in [4.78, 5) is 17.1. The van der Waals surface area contributed by atoms with E-state index in [1.807, 2.05) is 43.3 Å². The number of amides is 1. The molecule has 0 radical (unpaired) electrons. The first-order chi connectivity index (χ1) is 15.8. The van der Waals surface area contributed by atoms with Crippen molar-refractivity contribution in [2.24, 2.45) is 10.1 Å². The third-order valence-electron chi connectivity index (χ3n) is 5.85. The van der Waals surface area contributed by atoms with Crippen LogP contribution >= 0.6 is 11.8 Å². The van der Waals surface area contributed by atoms with Crippen LogP contribution in [0.5, 0.6) is 0 Å². The molecular formula is C26H23N5OS. The summed E-state index contributed by atoms with van der Waals surface area (Å²) in [6, 6.07) is 18.1. The molecule has 5 rings (SSSR count). The number of benzene rings is 2. The van der Waals surface area contributed by atoms with Crippen LogP contribution in [-0.4, -0.2) is 31.5 Å². The van der Waals surface area contributed by atoms with Crippen LogP contribution < -0.4 is 0 Å². The van der Waals surface area contributed by atoms with Crippen LogP contribution in [-0.2, 0) is 4.79 Å². The number of hydrogen-bond donors (Lipinski definition) is 1. The van der Waals surface area contributed by atoms with E-state index in [0.29, 0.717) is 5.17 Å². The van der Waals surface area contributed by atoms with Gasteiger partial charge < -0.3 is 4.57 Å². The van der Waals surface area contributed by atoms with Crippen LogP contribution in [0.3, 0.4) is 0 Å². The number of amidine groups is 2. The van der Waals surface area contributed by atoms with Crippen LogP contribution in [0, 0.1) is 33.1 Å². The smallest absolute Gasteiger partial charge is 0.283 e. The van der Waals surface area contributed by atoms with Crippen LogP contribution in [0.4, 0.5) is 0 Å². The number of carbonyl (C=O) groups is 1. The molecule has 0 aliphatic carbocycles. The highest BCUT2D eigenvalue weighted by molar-refractivity contribution is 8.27. The molecule has 2 aliphatic heterocycles. The number of aryl methyl sites for hydroxylation is 3. The average Bonchev–Trinajstić information content (AvgIpc) is 3.34. The first kappa shape index (κ1) is 21.2. The zero-order valence-electron chi connectivity index (χ0n) is 18.9. The van der Waals surface area contributed by atoms with Gasteiger partial charge in [0.25, 0.3) is 5.91 Å². The highest BCUT2D eigenvalue weighted by Gasteiger charge is 2.36. The van der Waals surface area contributed by atoms with Crippen molar-refractivity contribution in [3.8, 4) is 5.69 Å². The van der Waals surface area contributed by atoms with Gasteiger partial charge in [0.05, 0.1) is 5.57 Å². The molecule has 0 saturated carbocycles. The Kier molecular flexibility index (Phi) is 5.13. The Morgan fingerprint density at radius 3 is 2.52 bits per heavy atom. The maximum absolute atomic E-state index is 12.9. The van der Waals surface area contributed by atoms with Crippen LogP contribution in [0.25, 0.3) is 11.8 Å². The molecule has 1 amide bonds. The largest absolute Gasteiger partial charge is 0.318 e. The molecule has 0 saturated heterocycles. The number of aromatic nitrogens is 1. The molecule has 7 heteroatoms. The Morgan fingerprint density at radius 1 is 1.00 bits per heavy atom. The number of carbonyl (C=O) groups excluding carboxylic acids is 1. The topological polar surface area (TPSA) is 73.8 Å². The number of fused-ring (bicyclic) bond motifs is 1. The molecule has 2 aromatic carbocycles. The van der Waals surface area contributed by atoms with Gasteiger partial charge in [-0.25, -0.2) is 0 Å². The SMILES string of the molecule is Cc1ccc(C)c(-n2c(C)cc(/C=C3/C(=N)N4N=C(c5ccccc5)SC4=NC3=O)c2C)c1. The first-order valence-electron chi connectivity index (χ1n) is 10.7. The fourth-order valence-corrected chi connectivity index (χ4v) is 5.01. The Labute approximate surface area is 196 Å². The second kappa shape index (κ2) is 8.01. The standard InChI is InChI=1S/C26H23N5OS/c1-15-10-11-16(2)22(12-15)30-17(3)13-20(18(30)4)14-21-23(27)31-26(28-24(21)32)33-25(29-31)19-8-6-5-7-9-19/h5-14,27H,1-4H3/b21-14-,27-23?. The summed E-state index contributed by atoms with van der Waals surface area (Å²) in [5.41, 5.74) is 7.61. The number of hydrazone groups is 1. The number of rotatable bonds is 3. The Morgan fingerprint density at radius 2 is 1.76 bits per heavy atom. The third kappa shape index (κ3) is 3.64. The van der Waals surface area contributed by atoms with Crippen LogP contribution in [0.1, 0.15) is 33.6 Å². The van der Waals surface area contributed by atoms with E-state index in [-0.39, 0.29) is 11.4 Å². The predicted molar refractivity (Wildman–Crippen MR) is 135 cm³/mol. The van der Waals surface area contributed by atoms with Gasteiger partial charge in [-0.1, -0.05) is 42.5 Å². The molecule has 6 nitrogen and oxygen atoms in total. The summed E-state index contributed by atoms with van der Waals surface area (Å²) < 4.78 is 2.19. The van der Waals surface area contributed by atoms with E-state index in [0.717, 1.165) is 33.2 Å². The number of thioether (sulfide) groups is 1. The van der Waals surface area contributed by atoms with E-state index < -0.39 is 5.91 Å². The summed E-state index contributed by atoms with van der Waals surface area (Å²) in [5, 5.41) is 15.8. The Hall–Kier alpha value is -3.71. The average molecular weight is 454 g/mol. The van der Waals surface area contributed by atoms with Crippen molar-refractivity contribution in [2.45, 2.75) is 27.7 Å². The molecule has 164 valence electrons. The lowest BCUT2D eigenvalue weighted by Gasteiger charge is -2.20. The molecule has 3 aromatic rings. The van der Waals surface area contributed by atoms with Crippen molar-refractivity contribution in [3.05, 3.63) is 93.8 Å². The van der Waals surface area contributed by atoms with Gasteiger partial charge in [-0.05, 0) is 74.4 Å². The lowest BCUT2D eigenvalue weighted by atomic mass is 10.1. The third-order valence-corrected chi connectivity index (χ3v) is 6.81. The molecule has 0 unspecified atom stereocenters. The highest BCUT2D eigenvalue weighted by Crippen LogP contribution is 2.32. The van der Waals surface area contributed by atoms with Crippen molar-refractivity contribution in [1.82, 2.24) is 9.58 Å². The normalized spacial score (nSPS) is 16.8. The van der Waals surface area contributed by atoms with Gasteiger partial charge in [0.15, 0.2) is 5.84 Å².